The summed E-state index contributed by atoms with van der Waals surface area (Å²) in [5.74, 6) is 0.896. The molecule has 1 saturated heterocycles. The number of nitrogens with zero attached hydrogens (tertiary/aromatic N) is 1. The highest BCUT2D eigenvalue weighted by Crippen LogP contribution is 2.46. The number of fused-ring (bicyclic) bond motifs is 1. The van der Waals surface area contributed by atoms with Crippen LogP contribution >= 0.6 is 0 Å². The van der Waals surface area contributed by atoms with Gasteiger partial charge in [-0.25, -0.2) is 0 Å². The van der Waals surface area contributed by atoms with Gasteiger partial charge in [-0.3, -0.25) is 9.59 Å². The highest BCUT2D eigenvalue weighted by atomic mass is 16.5. The molecular weight excluding hydrogens is 356 g/mol. The number of rotatable bonds is 8. The van der Waals surface area contributed by atoms with Gasteiger partial charge in [-0.1, -0.05) is 18.2 Å². The van der Waals surface area contributed by atoms with E-state index < -0.39 is 5.41 Å². The fourth-order valence-electron chi connectivity index (χ4n) is 4.21. The molecule has 1 fully saturated rings. The molecular formula is C22H30N2O4. The molecule has 1 heterocycles. The molecule has 1 aliphatic heterocycles. The van der Waals surface area contributed by atoms with Crippen LogP contribution in [0.25, 0.3) is 0 Å². The summed E-state index contributed by atoms with van der Waals surface area (Å²) in [6, 6.07) is 7.78. The minimum atomic E-state index is -0.614. The number of allylic oxidation sites excluding steroid dienone is 1. The van der Waals surface area contributed by atoms with Gasteiger partial charge in [0.1, 0.15) is 5.75 Å². The Bertz CT molecular complexity index is 746. The SMILES string of the molecule is CCOc1cccc(CNC(=O)C23CCCC=C2N(CCOC)C(=O)CC3)c1. The zero-order chi connectivity index (χ0) is 20.0. The summed E-state index contributed by atoms with van der Waals surface area (Å²) >= 11 is 0. The van der Waals surface area contributed by atoms with E-state index in [9.17, 15) is 9.59 Å². The van der Waals surface area contributed by atoms with Crippen LogP contribution < -0.4 is 10.1 Å². The first-order chi connectivity index (χ1) is 13.6. The number of carbonyl (C=O) groups is 2. The normalized spacial score (nSPS) is 21.7. The first-order valence-electron chi connectivity index (χ1n) is 10.1. The lowest BCUT2D eigenvalue weighted by Crippen LogP contribution is -2.53. The molecule has 0 saturated carbocycles. The molecule has 1 atom stereocenters. The van der Waals surface area contributed by atoms with Gasteiger partial charge >= 0.3 is 0 Å². The van der Waals surface area contributed by atoms with Crippen LogP contribution in [0.3, 0.4) is 0 Å². The van der Waals surface area contributed by atoms with Crippen molar-refractivity contribution in [3.05, 3.63) is 41.6 Å². The van der Waals surface area contributed by atoms with Gasteiger partial charge in [-0.15, -0.1) is 0 Å². The van der Waals surface area contributed by atoms with E-state index in [2.05, 4.69) is 11.4 Å². The molecule has 2 aliphatic rings. The van der Waals surface area contributed by atoms with Crippen LogP contribution in [-0.4, -0.2) is 43.6 Å². The summed E-state index contributed by atoms with van der Waals surface area (Å²) in [5, 5.41) is 3.11. The van der Waals surface area contributed by atoms with Crippen LogP contribution in [0.15, 0.2) is 36.0 Å². The lowest BCUT2D eigenvalue weighted by molar-refractivity contribution is -0.141. The van der Waals surface area contributed by atoms with Gasteiger partial charge < -0.3 is 19.7 Å². The van der Waals surface area contributed by atoms with Crippen molar-refractivity contribution in [3.63, 3.8) is 0 Å². The van der Waals surface area contributed by atoms with E-state index in [1.54, 1.807) is 12.0 Å². The highest BCUT2D eigenvalue weighted by Gasteiger charge is 2.49. The Kier molecular flexibility index (Phi) is 6.73. The molecule has 1 aromatic rings. The average molecular weight is 386 g/mol. The summed E-state index contributed by atoms with van der Waals surface area (Å²) in [6.07, 6.45) is 5.69. The van der Waals surface area contributed by atoms with Crippen LogP contribution in [0.1, 0.15) is 44.6 Å². The van der Waals surface area contributed by atoms with Gasteiger partial charge in [0.15, 0.2) is 0 Å². The van der Waals surface area contributed by atoms with Crippen molar-refractivity contribution in [2.24, 2.45) is 5.41 Å². The Hall–Kier alpha value is -2.34. The zero-order valence-electron chi connectivity index (χ0n) is 16.8. The smallest absolute Gasteiger partial charge is 0.232 e. The standard InChI is InChI=1S/C22H30N2O4/c1-3-28-18-8-6-7-17(15-18)16-23-21(26)22-11-5-4-9-19(22)24(13-14-27-2)20(25)10-12-22/h6-9,15H,3-5,10-14,16H2,1-2H3,(H,23,26). The first-order valence-corrected chi connectivity index (χ1v) is 10.1. The average Bonchev–Trinajstić information content (AvgIpc) is 2.72. The number of benzene rings is 1. The lowest BCUT2D eigenvalue weighted by atomic mass is 9.69. The van der Waals surface area contributed by atoms with Crippen LogP contribution in [-0.2, 0) is 20.9 Å². The third-order valence-corrected chi connectivity index (χ3v) is 5.61. The Balaban J connectivity index is 1.75. The Labute approximate surface area is 166 Å². The van der Waals surface area contributed by atoms with Gasteiger partial charge in [0.25, 0.3) is 0 Å². The van der Waals surface area contributed by atoms with Crippen LogP contribution in [0.2, 0.25) is 0 Å². The van der Waals surface area contributed by atoms with Crippen molar-refractivity contribution in [2.45, 2.75) is 45.6 Å². The van der Waals surface area contributed by atoms with Crippen LogP contribution in [0.5, 0.6) is 5.75 Å². The molecule has 0 aromatic heterocycles. The Morgan fingerprint density at radius 2 is 2.18 bits per heavy atom. The molecule has 1 aromatic carbocycles. The predicted octanol–water partition coefficient (Wildman–Crippen LogP) is 3.02. The van der Waals surface area contributed by atoms with E-state index in [4.69, 9.17) is 9.47 Å². The largest absolute Gasteiger partial charge is 0.494 e. The fraction of sp³-hybridized carbons (Fsp3) is 0.545. The summed E-state index contributed by atoms with van der Waals surface area (Å²) in [5.41, 5.74) is 1.25. The number of piperidine rings is 1. The van der Waals surface area contributed by atoms with Crippen LogP contribution in [0, 0.1) is 5.41 Å². The Morgan fingerprint density at radius 3 is 2.96 bits per heavy atom. The summed E-state index contributed by atoms with van der Waals surface area (Å²) in [6.45, 7) is 3.96. The molecule has 0 radical (unpaired) electrons. The monoisotopic (exact) mass is 386 g/mol. The van der Waals surface area contributed by atoms with E-state index in [0.717, 1.165) is 36.3 Å². The second-order valence-corrected chi connectivity index (χ2v) is 7.36. The van der Waals surface area contributed by atoms with E-state index in [-0.39, 0.29) is 11.8 Å². The molecule has 1 N–H and O–H groups in total. The predicted molar refractivity (Wildman–Crippen MR) is 107 cm³/mol. The minimum absolute atomic E-state index is 0.00943. The number of hydrogen-bond acceptors (Lipinski definition) is 4. The number of nitrogens with one attached hydrogen (secondary N) is 1. The topological polar surface area (TPSA) is 67.9 Å². The van der Waals surface area contributed by atoms with Crippen molar-refractivity contribution in [1.29, 1.82) is 0 Å². The maximum Gasteiger partial charge on any atom is 0.232 e. The number of carbonyl (C=O) groups excluding carboxylic acids is 2. The van der Waals surface area contributed by atoms with E-state index in [1.165, 1.54) is 0 Å². The molecule has 1 unspecified atom stereocenters. The van der Waals surface area contributed by atoms with Crippen molar-refractivity contribution in [2.75, 3.05) is 26.9 Å². The van der Waals surface area contributed by atoms with Crippen LogP contribution in [0.4, 0.5) is 0 Å². The molecule has 6 heteroatoms. The molecule has 0 spiro atoms. The van der Waals surface area contributed by atoms with Gasteiger partial charge in [-0.05, 0) is 50.3 Å². The first kappa shape index (κ1) is 20.4. The highest BCUT2D eigenvalue weighted by molar-refractivity contribution is 5.91. The number of amides is 2. The maximum absolute atomic E-state index is 13.3. The third kappa shape index (κ3) is 4.22. The van der Waals surface area contributed by atoms with Crippen molar-refractivity contribution in [1.82, 2.24) is 10.2 Å². The fourth-order valence-corrected chi connectivity index (χ4v) is 4.21. The second kappa shape index (κ2) is 9.24. The maximum atomic E-state index is 13.3. The molecule has 0 bridgehead atoms. The summed E-state index contributed by atoms with van der Waals surface area (Å²) in [7, 11) is 1.63. The molecule has 28 heavy (non-hydrogen) atoms. The third-order valence-electron chi connectivity index (χ3n) is 5.61. The number of hydrogen-bond donors (Lipinski definition) is 1. The van der Waals surface area contributed by atoms with Gasteiger partial charge in [0, 0.05) is 32.3 Å². The number of methoxy groups -OCH3 is 1. The minimum Gasteiger partial charge on any atom is -0.494 e. The van der Waals surface area contributed by atoms with Gasteiger partial charge in [0.05, 0.1) is 18.6 Å². The van der Waals surface area contributed by atoms with E-state index >= 15 is 0 Å². The molecule has 2 amide bonds. The lowest BCUT2D eigenvalue weighted by Gasteiger charge is -2.46. The quantitative estimate of drug-likeness (QED) is 0.746. The van der Waals surface area contributed by atoms with Gasteiger partial charge in [0.2, 0.25) is 11.8 Å². The summed E-state index contributed by atoms with van der Waals surface area (Å²) in [4.78, 5) is 27.6. The molecule has 152 valence electrons. The second-order valence-electron chi connectivity index (χ2n) is 7.36. The van der Waals surface area contributed by atoms with E-state index in [1.807, 2.05) is 31.2 Å². The molecule has 1 aliphatic carbocycles. The summed E-state index contributed by atoms with van der Waals surface area (Å²) < 4.78 is 10.7. The Morgan fingerprint density at radius 1 is 1.32 bits per heavy atom. The molecule has 3 rings (SSSR count). The van der Waals surface area contributed by atoms with Crippen molar-refractivity contribution >= 4 is 11.8 Å². The number of ether oxygens (including phenoxy) is 2. The van der Waals surface area contributed by atoms with Gasteiger partial charge in [-0.2, -0.15) is 0 Å². The number of likely N-dealkylation sites (tertiary alicyclic amines) is 1. The molecule has 6 nitrogen and oxygen atoms in total. The van der Waals surface area contributed by atoms with Crippen molar-refractivity contribution in [3.8, 4) is 5.75 Å². The van der Waals surface area contributed by atoms with E-state index in [0.29, 0.717) is 39.1 Å². The van der Waals surface area contributed by atoms with Crippen molar-refractivity contribution < 1.29 is 19.1 Å². The zero-order valence-corrected chi connectivity index (χ0v) is 16.8.